The summed E-state index contributed by atoms with van der Waals surface area (Å²) in [6.45, 7) is 8.37. The molecule has 0 aliphatic carbocycles. The largest absolute Gasteiger partial charge is 0.281 e. The first-order valence-corrected chi connectivity index (χ1v) is 7.86. The van der Waals surface area contributed by atoms with Gasteiger partial charge in [-0.05, 0) is 56.0 Å². The van der Waals surface area contributed by atoms with Crippen molar-refractivity contribution in [2.75, 3.05) is 0 Å². The summed E-state index contributed by atoms with van der Waals surface area (Å²) in [7, 11) is 0. The van der Waals surface area contributed by atoms with Crippen molar-refractivity contribution < 1.29 is 0 Å². The Morgan fingerprint density at radius 1 is 1.09 bits per heavy atom. The fourth-order valence-corrected chi connectivity index (χ4v) is 2.93. The molecule has 0 atom stereocenters. The molecule has 0 fully saturated rings. The summed E-state index contributed by atoms with van der Waals surface area (Å²) < 4.78 is 2.19. The van der Waals surface area contributed by atoms with E-state index in [1.54, 1.807) is 0 Å². The number of hydrogen-bond donors (Lipinski definition) is 0. The monoisotopic (exact) mass is 292 g/mol. The Morgan fingerprint density at radius 2 is 1.82 bits per heavy atom. The van der Waals surface area contributed by atoms with Crippen molar-refractivity contribution in [1.82, 2.24) is 14.5 Å². The highest BCUT2D eigenvalue weighted by Crippen LogP contribution is 2.24. The van der Waals surface area contributed by atoms with E-state index in [0.29, 0.717) is 0 Å². The van der Waals surface area contributed by atoms with Gasteiger partial charge in [-0.25, -0.2) is 9.97 Å². The average molecular weight is 292 g/mol. The Bertz CT molecular complexity index is 798. The van der Waals surface area contributed by atoms with E-state index in [-0.39, 0.29) is 0 Å². The smallest absolute Gasteiger partial charge is 0.165 e. The number of pyridine rings is 1. The van der Waals surface area contributed by atoms with Crippen molar-refractivity contribution in [1.29, 1.82) is 0 Å². The predicted molar refractivity (Wildman–Crippen MR) is 91.4 cm³/mol. The van der Waals surface area contributed by atoms with Crippen molar-refractivity contribution in [3.63, 3.8) is 0 Å². The van der Waals surface area contributed by atoms with Gasteiger partial charge in [0.25, 0.3) is 0 Å². The normalized spacial score (nSPS) is 11.3. The lowest BCUT2D eigenvalue weighted by molar-refractivity contribution is 0.899. The minimum atomic E-state index is 0.888. The Morgan fingerprint density at radius 3 is 2.45 bits per heavy atom. The summed E-state index contributed by atoms with van der Waals surface area (Å²) in [5.74, 6) is 1.06. The second-order valence-corrected chi connectivity index (χ2v) is 5.75. The van der Waals surface area contributed by atoms with Crippen LogP contribution in [0.2, 0.25) is 0 Å². The summed E-state index contributed by atoms with van der Waals surface area (Å²) in [4.78, 5) is 9.54. The Kier molecular flexibility index (Phi) is 3.97. The Balaban J connectivity index is 2.20. The van der Waals surface area contributed by atoms with Crippen LogP contribution in [0.25, 0.3) is 16.9 Å². The first-order chi connectivity index (χ1) is 10.6. The van der Waals surface area contributed by atoms with E-state index >= 15 is 0 Å². The van der Waals surface area contributed by atoms with E-state index in [1.807, 2.05) is 6.92 Å². The number of benzene rings is 1. The zero-order valence-corrected chi connectivity index (χ0v) is 13.7. The third kappa shape index (κ3) is 2.52. The van der Waals surface area contributed by atoms with Gasteiger partial charge in [-0.2, -0.15) is 0 Å². The van der Waals surface area contributed by atoms with Crippen molar-refractivity contribution in [3.05, 3.63) is 59.4 Å². The highest BCUT2D eigenvalue weighted by Gasteiger charge is 2.14. The van der Waals surface area contributed by atoms with E-state index in [4.69, 9.17) is 9.97 Å². The fourth-order valence-electron chi connectivity index (χ4n) is 2.93. The molecule has 2 aromatic heterocycles. The van der Waals surface area contributed by atoms with E-state index in [0.717, 1.165) is 41.2 Å². The lowest BCUT2D eigenvalue weighted by Crippen LogP contribution is -2.01. The molecule has 1 radical (unpaired) electrons. The summed E-state index contributed by atoms with van der Waals surface area (Å²) >= 11 is 0. The SMILES string of the molecule is C[CH]Cc1ccc(-n2c(CC)nc3c(C)cc(C)nc32)cc1. The maximum Gasteiger partial charge on any atom is 0.165 e. The van der Waals surface area contributed by atoms with E-state index in [9.17, 15) is 0 Å². The highest BCUT2D eigenvalue weighted by atomic mass is 15.1. The first-order valence-electron chi connectivity index (χ1n) is 7.86. The van der Waals surface area contributed by atoms with Gasteiger partial charge >= 0.3 is 0 Å². The predicted octanol–water partition coefficient (Wildman–Crippen LogP) is 4.37. The molecule has 0 N–H and O–H groups in total. The molecule has 0 aliphatic heterocycles. The van der Waals surface area contributed by atoms with Crippen LogP contribution in [0.4, 0.5) is 0 Å². The quantitative estimate of drug-likeness (QED) is 0.715. The molecule has 0 saturated heterocycles. The fraction of sp³-hybridized carbons (Fsp3) is 0.316. The van der Waals surface area contributed by atoms with Gasteiger partial charge in [-0.3, -0.25) is 4.57 Å². The second kappa shape index (κ2) is 5.91. The van der Waals surface area contributed by atoms with Crippen LogP contribution in [0.15, 0.2) is 30.3 Å². The number of imidazole rings is 1. The number of aromatic nitrogens is 3. The number of hydrogen-bond acceptors (Lipinski definition) is 2. The van der Waals surface area contributed by atoms with Gasteiger partial charge in [0.15, 0.2) is 5.65 Å². The molecule has 0 amide bonds. The Hall–Kier alpha value is -2.16. The van der Waals surface area contributed by atoms with Crippen LogP contribution < -0.4 is 0 Å². The highest BCUT2D eigenvalue weighted by molar-refractivity contribution is 5.78. The minimum Gasteiger partial charge on any atom is -0.281 e. The molecule has 3 rings (SSSR count). The third-order valence-corrected chi connectivity index (χ3v) is 3.95. The molecule has 1 aromatic carbocycles. The lowest BCUT2D eigenvalue weighted by atomic mass is 10.1. The topological polar surface area (TPSA) is 30.7 Å². The van der Waals surface area contributed by atoms with E-state index in [1.165, 1.54) is 11.1 Å². The maximum absolute atomic E-state index is 4.80. The van der Waals surface area contributed by atoms with Crippen LogP contribution in [0.5, 0.6) is 0 Å². The molecule has 2 heterocycles. The van der Waals surface area contributed by atoms with Gasteiger partial charge in [0.1, 0.15) is 11.3 Å². The van der Waals surface area contributed by atoms with Crippen molar-refractivity contribution >= 4 is 11.2 Å². The number of nitrogens with zero attached hydrogens (tertiary/aromatic N) is 3. The zero-order valence-electron chi connectivity index (χ0n) is 13.7. The molecular formula is C19H22N3. The molecule has 113 valence electrons. The molecule has 0 saturated carbocycles. The molecule has 0 unspecified atom stereocenters. The Labute approximate surface area is 132 Å². The number of aryl methyl sites for hydroxylation is 3. The van der Waals surface area contributed by atoms with Gasteiger partial charge in [0.05, 0.1) is 0 Å². The number of rotatable bonds is 4. The van der Waals surface area contributed by atoms with Crippen molar-refractivity contribution in [3.8, 4) is 5.69 Å². The molecule has 3 aromatic rings. The molecule has 0 bridgehead atoms. The maximum atomic E-state index is 4.80. The summed E-state index contributed by atoms with van der Waals surface area (Å²) in [5, 5.41) is 0. The molecule has 3 nitrogen and oxygen atoms in total. The lowest BCUT2D eigenvalue weighted by Gasteiger charge is -2.09. The molecule has 22 heavy (non-hydrogen) atoms. The summed E-state index contributed by atoms with van der Waals surface area (Å²) in [5.41, 5.74) is 6.66. The van der Waals surface area contributed by atoms with Gasteiger partial charge < -0.3 is 0 Å². The van der Waals surface area contributed by atoms with E-state index in [2.05, 4.69) is 62.1 Å². The van der Waals surface area contributed by atoms with Crippen LogP contribution >= 0.6 is 0 Å². The molecule has 0 spiro atoms. The standard InChI is InChI=1S/C19H22N3/c1-5-7-15-8-10-16(11-9-15)22-17(6-2)21-18-13(3)12-14(4)20-19(18)22/h5,8-12H,6-7H2,1-4H3. The third-order valence-electron chi connectivity index (χ3n) is 3.95. The van der Waals surface area contributed by atoms with Gasteiger partial charge in [-0.1, -0.05) is 26.0 Å². The first kappa shape index (κ1) is 14.8. The molecule has 3 heteroatoms. The summed E-state index contributed by atoms with van der Waals surface area (Å²) in [6.07, 6.45) is 4.06. The second-order valence-electron chi connectivity index (χ2n) is 5.75. The molecular weight excluding hydrogens is 270 g/mol. The van der Waals surface area contributed by atoms with Gasteiger partial charge in [0.2, 0.25) is 0 Å². The van der Waals surface area contributed by atoms with E-state index < -0.39 is 0 Å². The van der Waals surface area contributed by atoms with Crippen molar-refractivity contribution in [2.45, 2.75) is 40.5 Å². The van der Waals surface area contributed by atoms with Crippen molar-refractivity contribution in [2.24, 2.45) is 0 Å². The number of fused-ring (bicyclic) bond motifs is 1. The zero-order chi connectivity index (χ0) is 15.7. The minimum absolute atomic E-state index is 0.888. The van der Waals surface area contributed by atoms with Crippen LogP contribution in [0, 0.1) is 20.3 Å². The van der Waals surface area contributed by atoms with Crippen LogP contribution in [-0.4, -0.2) is 14.5 Å². The molecule has 0 aliphatic rings. The van der Waals surface area contributed by atoms with Gasteiger partial charge in [0, 0.05) is 17.8 Å². The van der Waals surface area contributed by atoms with Crippen LogP contribution in [0.1, 0.15) is 36.5 Å². The van der Waals surface area contributed by atoms with Crippen LogP contribution in [-0.2, 0) is 12.8 Å². The van der Waals surface area contributed by atoms with Gasteiger partial charge in [-0.15, -0.1) is 0 Å². The summed E-state index contributed by atoms with van der Waals surface area (Å²) in [6, 6.07) is 10.8. The average Bonchev–Trinajstić information content (AvgIpc) is 2.87. The van der Waals surface area contributed by atoms with Crippen LogP contribution in [0.3, 0.4) is 0 Å².